The highest BCUT2D eigenvalue weighted by Gasteiger charge is 2.00. The minimum atomic E-state index is 0.769. The molecule has 2 aromatic rings. The molecule has 0 bridgehead atoms. The number of pyridine rings is 1. The van der Waals surface area contributed by atoms with E-state index >= 15 is 0 Å². The Morgan fingerprint density at radius 1 is 1.31 bits per heavy atom. The maximum Gasteiger partial charge on any atom is 0.104 e. The zero-order valence-corrected chi connectivity index (χ0v) is 8.69. The second-order valence-electron chi connectivity index (χ2n) is 2.69. The lowest BCUT2D eigenvalue weighted by atomic mass is 10.2. The number of aromatic nitrogens is 1. The number of thioether (sulfide) groups is 1. The quantitative estimate of drug-likeness (QED) is 0.666. The number of fused-ring (bicyclic) bond motifs is 1. The summed E-state index contributed by atoms with van der Waals surface area (Å²) in [5, 5.41) is 4.13. The smallest absolute Gasteiger partial charge is 0.104 e. The van der Waals surface area contributed by atoms with E-state index in [1.807, 2.05) is 36.7 Å². The molecule has 0 aliphatic rings. The molecule has 1 aromatic heterocycles. The van der Waals surface area contributed by atoms with Crippen molar-refractivity contribution < 1.29 is 0 Å². The van der Waals surface area contributed by atoms with Crippen LogP contribution in [-0.4, -0.2) is 11.2 Å². The van der Waals surface area contributed by atoms with Gasteiger partial charge < -0.3 is 0 Å². The molecule has 1 heterocycles. The van der Waals surface area contributed by atoms with Crippen molar-refractivity contribution >= 4 is 34.1 Å². The van der Waals surface area contributed by atoms with Gasteiger partial charge in [0, 0.05) is 16.6 Å². The number of benzene rings is 1. The highest BCUT2D eigenvalue weighted by molar-refractivity contribution is 7.98. The van der Waals surface area contributed by atoms with Gasteiger partial charge in [-0.1, -0.05) is 17.7 Å². The minimum absolute atomic E-state index is 0.769. The molecule has 0 radical (unpaired) electrons. The summed E-state index contributed by atoms with van der Waals surface area (Å²) in [5.74, 6) is 0. The molecule has 66 valence electrons. The summed E-state index contributed by atoms with van der Waals surface area (Å²) in [6.45, 7) is 0. The zero-order valence-electron chi connectivity index (χ0n) is 7.12. The Hall–Kier alpha value is -0.730. The first-order valence-electron chi connectivity index (χ1n) is 3.89. The third kappa shape index (κ3) is 1.64. The van der Waals surface area contributed by atoms with Gasteiger partial charge in [0.1, 0.15) is 5.03 Å². The molecule has 0 saturated carbocycles. The molecule has 2 rings (SSSR count). The van der Waals surface area contributed by atoms with Gasteiger partial charge in [-0.15, -0.1) is 11.8 Å². The Morgan fingerprint density at radius 2 is 2.15 bits per heavy atom. The number of rotatable bonds is 1. The highest BCUT2D eigenvalue weighted by atomic mass is 35.5. The summed E-state index contributed by atoms with van der Waals surface area (Å²) in [4.78, 5) is 4.27. The Bertz CT molecular complexity index is 442. The standard InChI is InChI=1S/C10H8ClNS/c1-13-10-9-3-2-8(11)6-7(9)4-5-12-10/h2-6H,1H3. The summed E-state index contributed by atoms with van der Waals surface area (Å²) in [5.41, 5.74) is 0. The Kier molecular flexibility index (Phi) is 2.42. The third-order valence-electron chi connectivity index (χ3n) is 1.88. The summed E-state index contributed by atoms with van der Waals surface area (Å²) < 4.78 is 0. The summed E-state index contributed by atoms with van der Waals surface area (Å²) in [7, 11) is 0. The van der Waals surface area contributed by atoms with Gasteiger partial charge in [-0.2, -0.15) is 0 Å². The predicted octanol–water partition coefficient (Wildman–Crippen LogP) is 3.61. The molecule has 3 heteroatoms. The first kappa shape index (κ1) is 8.85. The van der Waals surface area contributed by atoms with E-state index in [1.54, 1.807) is 11.8 Å². The van der Waals surface area contributed by atoms with Crippen LogP contribution in [0.25, 0.3) is 10.8 Å². The van der Waals surface area contributed by atoms with Crippen molar-refractivity contribution in [1.82, 2.24) is 4.98 Å². The Labute approximate surface area is 86.1 Å². The number of nitrogens with zero attached hydrogens (tertiary/aromatic N) is 1. The van der Waals surface area contributed by atoms with E-state index in [1.165, 1.54) is 5.39 Å². The van der Waals surface area contributed by atoms with Crippen LogP contribution in [0.4, 0.5) is 0 Å². The van der Waals surface area contributed by atoms with Crippen molar-refractivity contribution in [1.29, 1.82) is 0 Å². The summed E-state index contributed by atoms with van der Waals surface area (Å²) in [6.07, 6.45) is 3.83. The lowest BCUT2D eigenvalue weighted by molar-refractivity contribution is 1.18. The molecule has 0 saturated heterocycles. The maximum atomic E-state index is 5.89. The minimum Gasteiger partial charge on any atom is -0.249 e. The first-order valence-corrected chi connectivity index (χ1v) is 5.50. The fraction of sp³-hybridized carbons (Fsp3) is 0.100. The molecule has 0 fully saturated rings. The van der Waals surface area contributed by atoms with E-state index in [0.717, 1.165) is 15.4 Å². The molecule has 0 aliphatic heterocycles. The van der Waals surface area contributed by atoms with Gasteiger partial charge in [-0.05, 0) is 29.8 Å². The number of halogens is 1. The monoisotopic (exact) mass is 209 g/mol. The second-order valence-corrected chi connectivity index (χ2v) is 3.92. The molecule has 13 heavy (non-hydrogen) atoms. The average molecular weight is 210 g/mol. The fourth-order valence-corrected chi connectivity index (χ4v) is 2.04. The van der Waals surface area contributed by atoms with Crippen LogP contribution in [0.2, 0.25) is 5.02 Å². The van der Waals surface area contributed by atoms with Crippen LogP contribution in [0.1, 0.15) is 0 Å². The molecular formula is C10H8ClNS. The molecular weight excluding hydrogens is 202 g/mol. The SMILES string of the molecule is CSc1nccc2cc(Cl)ccc12. The van der Waals surface area contributed by atoms with Crippen LogP contribution >= 0.6 is 23.4 Å². The second kappa shape index (κ2) is 3.56. The van der Waals surface area contributed by atoms with Crippen molar-refractivity contribution in [3.63, 3.8) is 0 Å². The number of hydrogen-bond acceptors (Lipinski definition) is 2. The Balaban J connectivity index is 2.77. The zero-order chi connectivity index (χ0) is 9.26. The molecule has 1 aromatic carbocycles. The van der Waals surface area contributed by atoms with Crippen LogP contribution in [0, 0.1) is 0 Å². The van der Waals surface area contributed by atoms with Gasteiger partial charge in [0.05, 0.1) is 0 Å². The van der Waals surface area contributed by atoms with Crippen molar-refractivity contribution in [3.8, 4) is 0 Å². The van der Waals surface area contributed by atoms with E-state index in [4.69, 9.17) is 11.6 Å². The van der Waals surface area contributed by atoms with Gasteiger partial charge >= 0.3 is 0 Å². The number of hydrogen-bond donors (Lipinski definition) is 0. The van der Waals surface area contributed by atoms with E-state index in [2.05, 4.69) is 4.98 Å². The van der Waals surface area contributed by atoms with Gasteiger partial charge in [0.25, 0.3) is 0 Å². The van der Waals surface area contributed by atoms with E-state index in [-0.39, 0.29) is 0 Å². The fourth-order valence-electron chi connectivity index (χ4n) is 1.28. The van der Waals surface area contributed by atoms with Crippen LogP contribution < -0.4 is 0 Å². The average Bonchev–Trinajstić information content (AvgIpc) is 2.16. The van der Waals surface area contributed by atoms with E-state index in [9.17, 15) is 0 Å². The van der Waals surface area contributed by atoms with Crippen molar-refractivity contribution in [2.45, 2.75) is 5.03 Å². The lowest BCUT2D eigenvalue weighted by Gasteiger charge is -2.01. The third-order valence-corrected chi connectivity index (χ3v) is 2.83. The van der Waals surface area contributed by atoms with Crippen LogP contribution in [0.5, 0.6) is 0 Å². The first-order chi connectivity index (χ1) is 6.31. The molecule has 0 N–H and O–H groups in total. The van der Waals surface area contributed by atoms with Gasteiger partial charge in [0.15, 0.2) is 0 Å². The van der Waals surface area contributed by atoms with Crippen LogP contribution in [0.3, 0.4) is 0 Å². The largest absolute Gasteiger partial charge is 0.249 e. The topological polar surface area (TPSA) is 12.9 Å². The van der Waals surface area contributed by atoms with E-state index < -0.39 is 0 Å². The van der Waals surface area contributed by atoms with E-state index in [0.29, 0.717) is 0 Å². The molecule has 1 nitrogen and oxygen atoms in total. The highest BCUT2D eigenvalue weighted by Crippen LogP contribution is 2.25. The molecule has 0 amide bonds. The van der Waals surface area contributed by atoms with Gasteiger partial charge in [-0.25, -0.2) is 4.98 Å². The predicted molar refractivity (Wildman–Crippen MR) is 58.5 cm³/mol. The molecule has 0 aliphatic carbocycles. The van der Waals surface area contributed by atoms with Crippen molar-refractivity contribution in [2.75, 3.05) is 6.26 Å². The van der Waals surface area contributed by atoms with Gasteiger partial charge in [-0.3, -0.25) is 0 Å². The van der Waals surface area contributed by atoms with Crippen LogP contribution in [-0.2, 0) is 0 Å². The lowest BCUT2D eigenvalue weighted by Crippen LogP contribution is -1.81. The van der Waals surface area contributed by atoms with Crippen molar-refractivity contribution in [2.24, 2.45) is 0 Å². The van der Waals surface area contributed by atoms with Gasteiger partial charge in [0.2, 0.25) is 0 Å². The maximum absolute atomic E-state index is 5.89. The molecule has 0 atom stereocenters. The van der Waals surface area contributed by atoms with Crippen molar-refractivity contribution in [3.05, 3.63) is 35.5 Å². The molecule has 0 unspecified atom stereocenters. The summed E-state index contributed by atoms with van der Waals surface area (Å²) in [6, 6.07) is 7.83. The Morgan fingerprint density at radius 3 is 2.92 bits per heavy atom. The normalized spacial score (nSPS) is 10.6. The molecule has 0 spiro atoms. The summed E-state index contributed by atoms with van der Waals surface area (Å²) >= 11 is 7.54. The van der Waals surface area contributed by atoms with Crippen LogP contribution in [0.15, 0.2) is 35.5 Å².